The molecule has 0 bridgehead atoms. The summed E-state index contributed by atoms with van der Waals surface area (Å²) in [5.74, 6) is 1.44. The molecule has 0 aromatic carbocycles. The van der Waals surface area contributed by atoms with Crippen molar-refractivity contribution < 1.29 is 14.1 Å². The van der Waals surface area contributed by atoms with Crippen molar-refractivity contribution in [3.8, 4) is 0 Å². The number of hydrogen-bond donors (Lipinski definition) is 1. The van der Waals surface area contributed by atoms with E-state index in [1.165, 1.54) is 30.6 Å². The minimum atomic E-state index is -0.0121. The number of aromatic nitrogens is 4. The third kappa shape index (κ3) is 3.76. The average Bonchev–Trinajstić information content (AvgIpc) is 3.47. The Morgan fingerprint density at radius 1 is 1.33 bits per heavy atom. The molecule has 1 aliphatic heterocycles. The summed E-state index contributed by atoms with van der Waals surface area (Å²) >= 11 is 0. The van der Waals surface area contributed by atoms with Crippen LogP contribution in [0, 0.1) is 0 Å². The van der Waals surface area contributed by atoms with Gasteiger partial charge in [-0.25, -0.2) is 4.68 Å². The standard InChI is InChI=1S/C19H28N6O2/c1-2-6-16(18-20-21-22-25(18)15-7-3-4-8-15)23-10-12-24(13-11-23)19(26)17-9-5-14-27-17/h5,9,14-16H,2-4,6-8,10-13H2,1H3/p+1/t16-/m1/s1. The maximum atomic E-state index is 12.5. The van der Waals surface area contributed by atoms with Crippen molar-refractivity contribution in [1.29, 1.82) is 0 Å². The second-order valence-electron chi connectivity index (χ2n) is 7.69. The summed E-state index contributed by atoms with van der Waals surface area (Å²) in [7, 11) is 0. The number of furan rings is 1. The minimum absolute atomic E-state index is 0.0121. The first-order valence-electron chi connectivity index (χ1n) is 10.2. The fourth-order valence-electron chi connectivity index (χ4n) is 4.54. The van der Waals surface area contributed by atoms with E-state index in [1.54, 1.807) is 18.4 Å². The number of nitrogens with one attached hydrogen (secondary N) is 1. The molecule has 8 nitrogen and oxygen atoms in total. The van der Waals surface area contributed by atoms with Gasteiger partial charge in [0.05, 0.1) is 38.5 Å². The topological polar surface area (TPSA) is 81.5 Å². The van der Waals surface area contributed by atoms with Crippen LogP contribution in [0.25, 0.3) is 0 Å². The summed E-state index contributed by atoms with van der Waals surface area (Å²) in [6, 6.07) is 4.24. The molecule has 3 heterocycles. The molecule has 0 radical (unpaired) electrons. The van der Waals surface area contributed by atoms with Gasteiger partial charge in [0.25, 0.3) is 5.91 Å². The summed E-state index contributed by atoms with van der Waals surface area (Å²) in [6.45, 7) is 5.51. The SMILES string of the molecule is CCC[C@H](c1nnnn1C1CCCC1)[NH+]1CCN(C(=O)c2ccco2)CC1. The molecule has 1 aliphatic carbocycles. The van der Waals surface area contributed by atoms with Gasteiger partial charge < -0.3 is 14.2 Å². The zero-order valence-corrected chi connectivity index (χ0v) is 16.0. The summed E-state index contributed by atoms with van der Waals surface area (Å²) < 4.78 is 7.36. The zero-order valence-electron chi connectivity index (χ0n) is 16.0. The van der Waals surface area contributed by atoms with Crippen LogP contribution in [-0.2, 0) is 0 Å². The van der Waals surface area contributed by atoms with E-state index in [4.69, 9.17) is 4.42 Å². The molecule has 8 heteroatoms. The van der Waals surface area contributed by atoms with Crippen molar-refractivity contribution in [1.82, 2.24) is 25.1 Å². The van der Waals surface area contributed by atoms with Crippen LogP contribution in [0.4, 0.5) is 0 Å². The molecule has 4 rings (SSSR count). The highest BCUT2D eigenvalue weighted by Crippen LogP contribution is 2.30. The van der Waals surface area contributed by atoms with Crippen LogP contribution in [0.1, 0.15) is 73.9 Å². The summed E-state index contributed by atoms with van der Waals surface area (Å²) in [5, 5.41) is 12.8. The highest BCUT2D eigenvalue weighted by atomic mass is 16.3. The molecule has 1 saturated heterocycles. The van der Waals surface area contributed by atoms with Gasteiger partial charge >= 0.3 is 0 Å². The van der Waals surface area contributed by atoms with E-state index in [2.05, 4.69) is 27.1 Å². The first kappa shape index (κ1) is 18.2. The smallest absolute Gasteiger partial charge is 0.289 e. The van der Waals surface area contributed by atoms with Crippen LogP contribution in [0.3, 0.4) is 0 Å². The van der Waals surface area contributed by atoms with Crippen molar-refractivity contribution >= 4 is 5.91 Å². The predicted molar refractivity (Wildman–Crippen MR) is 98.3 cm³/mol. The fourth-order valence-corrected chi connectivity index (χ4v) is 4.54. The summed E-state index contributed by atoms with van der Waals surface area (Å²) in [5.41, 5.74) is 0. The summed E-state index contributed by atoms with van der Waals surface area (Å²) in [4.78, 5) is 15.9. The van der Waals surface area contributed by atoms with E-state index in [-0.39, 0.29) is 5.91 Å². The Bertz CT molecular complexity index is 729. The van der Waals surface area contributed by atoms with E-state index < -0.39 is 0 Å². The number of quaternary nitrogens is 1. The molecule has 146 valence electrons. The molecular weight excluding hydrogens is 344 g/mol. The highest BCUT2D eigenvalue weighted by Gasteiger charge is 2.35. The molecule has 1 amide bonds. The van der Waals surface area contributed by atoms with Crippen LogP contribution in [0.15, 0.2) is 22.8 Å². The Kier molecular flexibility index (Phi) is 5.52. The Morgan fingerprint density at radius 3 is 2.78 bits per heavy atom. The minimum Gasteiger partial charge on any atom is -0.459 e. The van der Waals surface area contributed by atoms with Gasteiger partial charge in [-0.3, -0.25) is 4.79 Å². The molecule has 1 N–H and O–H groups in total. The number of piperazine rings is 1. The van der Waals surface area contributed by atoms with Gasteiger partial charge in [0.2, 0.25) is 5.82 Å². The Hall–Kier alpha value is -2.22. The van der Waals surface area contributed by atoms with Crippen molar-refractivity contribution in [3.05, 3.63) is 30.0 Å². The molecule has 2 fully saturated rings. The number of tetrazole rings is 1. The number of rotatable bonds is 6. The Balaban J connectivity index is 1.45. The van der Waals surface area contributed by atoms with E-state index >= 15 is 0 Å². The van der Waals surface area contributed by atoms with Crippen LogP contribution < -0.4 is 4.90 Å². The monoisotopic (exact) mass is 373 g/mol. The lowest BCUT2D eigenvalue weighted by atomic mass is 10.1. The molecule has 27 heavy (non-hydrogen) atoms. The molecule has 0 unspecified atom stereocenters. The van der Waals surface area contributed by atoms with Crippen LogP contribution in [0.2, 0.25) is 0 Å². The van der Waals surface area contributed by atoms with Crippen LogP contribution >= 0.6 is 0 Å². The molecule has 1 saturated carbocycles. The highest BCUT2D eigenvalue weighted by molar-refractivity contribution is 5.91. The Morgan fingerprint density at radius 2 is 2.11 bits per heavy atom. The third-order valence-corrected chi connectivity index (χ3v) is 6.00. The van der Waals surface area contributed by atoms with Crippen molar-refractivity contribution in [3.63, 3.8) is 0 Å². The molecule has 2 aromatic heterocycles. The average molecular weight is 373 g/mol. The number of hydrogen-bond acceptors (Lipinski definition) is 5. The van der Waals surface area contributed by atoms with Crippen molar-refractivity contribution in [2.75, 3.05) is 26.2 Å². The molecule has 0 spiro atoms. The molecule has 2 aliphatic rings. The Labute approximate surface area is 159 Å². The number of amides is 1. The summed E-state index contributed by atoms with van der Waals surface area (Å²) in [6.07, 6.45) is 8.60. The number of carbonyl (C=O) groups is 1. The van der Waals surface area contributed by atoms with Crippen LogP contribution in [-0.4, -0.2) is 57.2 Å². The largest absolute Gasteiger partial charge is 0.459 e. The quantitative estimate of drug-likeness (QED) is 0.825. The maximum absolute atomic E-state index is 12.5. The maximum Gasteiger partial charge on any atom is 0.289 e. The van der Waals surface area contributed by atoms with E-state index in [1.807, 2.05) is 4.90 Å². The molecule has 1 atom stereocenters. The van der Waals surface area contributed by atoms with Gasteiger partial charge in [-0.1, -0.05) is 26.2 Å². The predicted octanol–water partition coefficient (Wildman–Crippen LogP) is 1.26. The lowest BCUT2D eigenvalue weighted by molar-refractivity contribution is -0.936. The first-order chi connectivity index (χ1) is 13.3. The normalized spacial score (nSPS) is 20.3. The number of nitrogens with zero attached hydrogens (tertiary/aromatic N) is 5. The van der Waals surface area contributed by atoms with E-state index in [0.29, 0.717) is 17.8 Å². The van der Waals surface area contributed by atoms with Gasteiger partial charge in [0, 0.05) is 6.42 Å². The second-order valence-corrected chi connectivity index (χ2v) is 7.69. The van der Waals surface area contributed by atoms with Crippen molar-refractivity contribution in [2.24, 2.45) is 0 Å². The second kappa shape index (κ2) is 8.21. The molecule has 2 aromatic rings. The zero-order chi connectivity index (χ0) is 18.6. The van der Waals surface area contributed by atoms with Gasteiger partial charge in [0.1, 0.15) is 6.04 Å². The van der Waals surface area contributed by atoms with Gasteiger partial charge in [-0.05, 0) is 35.4 Å². The van der Waals surface area contributed by atoms with Gasteiger partial charge in [0.15, 0.2) is 5.76 Å². The van der Waals surface area contributed by atoms with E-state index in [9.17, 15) is 4.79 Å². The lowest BCUT2D eigenvalue weighted by Crippen LogP contribution is -3.15. The first-order valence-corrected chi connectivity index (χ1v) is 10.2. The lowest BCUT2D eigenvalue weighted by Gasteiger charge is -2.36. The van der Waals surface area contributed by atoms with E-state index in [0.717, 1.165) is 44.8 Å². The number of carbonyl (C=O) groups excluding carboxylic acids is 1. The fraction of sp³-hybridized carbons (Fsp3) is 0.684. The molecular formula is C19H29N6O2+. The third-order valence-electron chi connectivity index (χ3n) is 6.00. The van der Waals surface area contributed by atoms with Crippen molar-refractivity contribution in [2.45, 2.75) is 57.5 Å². The van der Waals surface area contributed by atoms with Gasteiger partial charge in [-0.2, -0.15) is 0 Å². The van der Waals surface area contributed by atoms with Gasteiger partial charge in [-0.15, -0.1) is 5.10 Å². The van der Waals surface area contributed by atoms with Crippen LogP contribution in [0.5, 0.6) is 0 Å².